The van der Waals surface area contributed by atoms with Crippen LogP contribution in [0.15, 0.2) is 0 Å². The summed E-state index contributed by atoms with van der Waals surface area (Å²) < 4.78 is 21.5. The van der Waals surface area contributed by atoms with E-state index in [1.165, 1.54) is 7.11 Å². The zero-order valence-electron chi connectivity index (χ0n) is 10.2. The SMILES string of the molecule is COC(=O)C[C@@H]1O[C@H](CO)[C@H]2OC(C)(C)O[C@H]21. The van der Waals surface area contributed by atoms with Crippen molar-refractivity contribution in [2.45, 2.75) is 50.5 Å². The Labute approximate surface area is 99.8 Å². The molecular formula is C11H18O6. The van der Waals surface area contributed by atoms with Crippen molar-refractivity contribution in [1.82, 2.24) is 0 Å². The number of ether oxygens (including phenoxy) is 4. The highest BCUT2D eigenvalue weighted by Gasteiger charge is 2.55. The van der Waals surface area contributed by atoms with Gasteiger partial charge in [0.25, 0.3) is 0 Å². The molecule has 2 aliphatic heterocycles. The average Bonchev–Trinajstić information content (AvgIpc) is 2.73. The lowest BCUT2D eigenvalue weighted by Crippen LogP contribution is -2.32. The molecule has 0 radical (unpaired) electrons. The molecule has 2 fully saturated rings. The minimum atomic E-state index is -0.707. The van der Waals surface area contributed by atoms with E-state index in [1.54, 1.807) is 13.8 Å². The number of methoxy groups -OCH3 is 1. The molecule has 0 bridgehead atoms. The quantitative estimate of drug-likeness (QED) is 0.697. The average molecular weight is 246 g/mol. The Morgan fingerprint density at radius 1 is 1.29 bits per heavy atom. The fourth-order valence-corrected chi connectivity index (χ4v) is 2.33. The van der Waals surface area contributed by atoms with Crippen LogP contribution in [-0.4, -0.2) is 55.0 Å². The van der Waals surface area contributed by atoms with E-state index in [4.69, 9.17) is 14.2 Å². The Morgan fingerprint density at radius 3 is 2.41 bits per heavy atom. The summed E-state index contributed by atoms with van der Waals surface area (Å²) in [5.41, 5.74) is 0. The normalized spacial score (nSPS) is 39.1. The molecule has 2 saturated heterocycles. The molecule has 0 aromatic heterocycles. The van der Waals surface area contributed by atoms with Crippen LogP contribution in [0.1, 0.15) is 20.3 Å². The van der Waals surface area contributed by atoms with E-state index in [0.29, 0.717) is 0 Å². The van der Waals surface area contributed by atoms with Gasteiger partial charge in [0, 0.05) is 0 Å². The number of carbonyl (C=O) groups is 1. The van der Waals surface area contributed by atoms with Gasteiger partial charge in [-0.1, -0.05) is 0 Å². The second-order valence-electron chi connectivity index (χ2n) is 4.74. The zero-order chi connectivity index (χ0) is 12.6. The molecule has 0 saturated carbocycles. The molecule has 4 atom stereocenters. The first kappa shape index (κ1) is 12.8. The van der Waals surface area contributed by atoms with E-state index >= 15 is 0 Å². The number of fused-ring (bicyclic) bond motifs is 1. The summed E-state index contributed by atoms with van der Waals surface area (Å²) in [5, 5.41) is 9.22. The highest BCUT2D eigenvalue weighted by molar-refractivity contribution is 5.70. The molecule has 0 unspecified atom stereocenters. The first-order valence-corrected chi connectivity index (χ1v) is 5.65. The van der Waals surface area contributed by atoms with E-state index < -0.39 is 18.0 Å². The van der Waals surface area contributed by atoms with Gasteiger partial charge in [-0.2, -0.15) is 0 Å². The lowest BCUT2D eigenvalue weighted by Gasteiger charge is -2.23. The molecular weight excluding hydrogens is 228 g/mol. The largest absolute Gasteiger partial charge is 0.469 e. The topological polar surface area (TPSA) is 74.2 Å². The Bertz CT molecular complexity index is 302. The molecule has 6 nitrogen and oxygen atoms in total. The van der Waals surface area contributed by atoms with Gasteiger partial charge in [0.1, 0.15) is 18.3 Å². The predicted molar refractivity (Wildman–Crippen MR) is 56.2 cm³/mol. The van der Waals surface area contributed by atoms with Crippen molar-refractivity contribution in [3.8, 4) is 0 Å². The third kappa shape index (κ3) is 2.44. The van der Waals surface area contributed by atoms with Gasteiger partial charge >= 0.3 is 5.97 Å². The number of carbonyl (C=O) groups excluding carboxylic acids is 1. The zero-order valence-corrected chi connectivity index (χ0v) is 10.2. The standard InChI is InChI=1S/C11H18O6/c1-11(2)16-9-6(4-8(13)14-3)15-7(5-12)10(9)17-11/h6-7,9-10,12H,4-5H2,1-3H3/t6-,7+,9-,10+/m0/s1. The molecule has 0 spiro atoms. The Hall–Kier alpha value is -0.690. The molecule has 6 heteroatoms. The van der Waals surface area contributed by atoms with Gasteiger partial charge in [-0.05, 0) is 13.8 Å². The lowest BCUT2D eigenvalue weighted by molar-refractivity contribution is -0.192. The number of rotatable bonds is 3. The number of aliphatic hydroxyl groups is 1. The fraction of sp³-hybridized carbons (Fsp3) is 0.909. The van der Waals surface area contributed by atoms with Crippen molar-refractivity contribution in [2.75, 3.05) is 13.7 Å². The van der Waals surface area contributed by atoms with Crippen molar-refractivity contribution in [3.63, 3.8) is 0 Å². The molecule has 17 heavy (non-hydrogen) atoms. The van der Waals surface area contributed by atoms with Crippen molar-refractivity contribution < 1.29 is 28.8 Å². The van der Waals surface area contributed by atoms with E-state index in [2.05, 4.69) is 4.74 Å². The number of aliphatic hydroxyl groups excluding tert-OH is 1. The maximum absolute atomic E-state index is 11.3. The van der Waals surface area contributed by atoms with Crippen LogP contribution in [0.3, 0.4) is 0 Å². The van der Waals surface area contributed by atoms with Gasteiger partial charge in [0.2, 0.25) is 0 Å². The summed E-state index contributed by atoms with van der Waals surface area (Å²) >= 11 is 0. The van der Waals surface area contributed by atoms with E-state index in [-0.39, 0.29) is 31.2 Å². The smallest absolute Gasteiger partial charge is 0.308 e. The third-order valence-electron chi connectivity index (χ3n) is 3.02. The minimum Gasteiger partial charge on any atom is -0.469 e. The summed E-state index contributed by atoms with van der Waals surface area (Å²) in [6.07, 6.45) is -1.43. The lowest BCUT2D eigenvalue weighted by atomic mass is 10.1. The van der Waals surface area contributed by atoms with Crippen LogP contribution < -0.4 is 0 Å². The van der Waals surface area contributed by atoms with E-state index in [9.17, 15) is 9.90 Å². The van der Waals surface area contributed by atoms with Crippen LogP contribution >= 0.6 is 0 Å². The van der Waals surface area contributed by atoms with Gasteiger partial charge in [-0.25, -0.2) is 0 Å². The van der Waals surface area contributed by atoms with Gasteiger partial charge in [-0.15, -0.1) is 0 Å². The van der Waals surface area contributed by atoms with Gasteiger partial charge in [-0.3, -0.25) is 4.79 Å². The van der Waals surface area contributed by atoms with E-state index in [1.807, 2.05) is 0 Å². The molecule has 0 aromatic rings. The monoisotopic (exact) mass is 246 g/mol. The molecule has 2 aliphatic rings. The second kappa shape index (κ2) is 4.53. The molecule has 0 amide bonds. The van der Waals surface area contributed by atoms with Crippen LogP contribution in [0.2, 0.25) is 0 Å². The summed E-state index contributed by atoms with van der Waals surface area (Å²) in [5.74, 6) is -1.07. The van der Waals surface area contributed by atoms with Gasteiger partial charge in [0.05, 0.1) is 26.2 Å². The molecule has 0 aromatic carbocycles. The maximum Gasteiger partial charge on any atom is 0.308 e. The van der Waals surface area contributed by atoms with Crippen LogP contribution in [0.25, 0.3) is 0 Å². The van der Waals surface area contributed by atoms with Crippen LogP contribution in [0.4, 0.5) is 0 Å². The Kier molecular flexibility index (Phi) is 3.40. The summed E-state index contributed by atoms with van der Waals surface area (Å²) in [6.45, 7) is 3.45. The second-order valence-corrected chi connectivity index (χ2v) is 4.74. The Morgan fingerprint density at radius 2 is 1.88 bits per heavy atom. The maximum atomic E-state index is 11.3. The first-order valence-electron chi connectivity index (χ1n) is 5.65. The molecule has 2 rings (SSSR count). The number of hydrogen-bond acceptors (Lipinski definition) is 6. The van der Waals surface area contributed by atoms with Crippen molar-refractivity contribution in [2.24, 2.45) is 0 Å². The molecule has 1 N–H and O–H groups in total. The molecule has 2 heterocycles. The van der Waals surface area contributed by atoms with Crippen LogP contribution in [0.5, 0.6) is 0 Å². The summed E-state index contributed by atoms with van der Waals surface area (Å²) in [7, 11) is 1.33. The van der Waals surface area contributed by atoms with Crippen molar-refractivity contribution in [3.05, 3.63) is 0 Å². The predicted octanol–water partition coefficient (Wildman–Crippen LogP) is -0.171. The summed E-state index contributed by atoms with van der Waals surface area (Å²) in [6, 6.07) is 0. The minimum absolute atomic E-state index is 0.105. The first-order chi connectivity index (χ1) is 7.96. The van der Waals surface area contributed by atoms with Crippen LogP contribution in [-0.2, 0) is 23.7 Å². The van der Waals surface area contributed by atoms with Crippen molar-refractivity contribution in [1.29, 1.82) is 0 Å². The summed E-state index contributed by atoms with van der Waals surface area (Å²) in [4.78, 5) is 11.3. The highest BCUT2D eigenvalue weighted by atomic mass is 16.8. The molecule has 98 valence electrons. The molecule has 0 aliphatic carbocycles. The van der Waals surface area contributed by atoms with Crippen molar-refractivity contribution >= 4 is 5.97 Å². The van der Waals surface area contributed by atoms with Gasteiger partial charge in [0.15, 0.2) is 5.79 Å². The van der Waals surface area contributed by atoms with E-state index in [0.717, 1.165) is 0 Å². The Balaban J connectivity index is 2.07. The van der Waals surface area contributed by atoms with Crippen LogP contribution in [0, 0.1) is 0 Å². The number of esters is 1. The fourth-order valence-electron chi connectivity index (χ4n) is 2.33. The number of hydrogen-bond donors (Lipinski definition) is 1. The van der Waals surface area contributed by atoms with Gasteiger partial charge < -0.3 is 24.1 Å². The third-order valence-corrected chi connectivity index (χ3v) is 3.02. The highest BCUT2D eigenvalue weighted by Crippen LogP contribution is 2.39.